The van der Waals surface area contributed by atoms with Crippen molar-refractivity contribution in [3.05, 3.63) is 46.5 Å². The summed E-state index contributed by atoms with van der Waals surface area (Å²) in [5, 5.41) is 11.8. The van der Waals surface area contributed by atoms with Crippen molar-refractivity contribution in [2.24, 2.45) is 4.99 Å². The number of nitrogens with zero attached hydrogens (tertiary/aromatic N) is 5. The summed E-state index contributed by atoms with van der Waals surface area (Å²) < 4.78 is 3.22. The quantitative estimate of drug-likeness (QED) is 0.312. The van der Waals surface area contributed by atoms with E-state index in [1.807, 2.05) is 6.07 Å². The maximum Gasteiger partial charge on any atom is 0.194 e. The molecule has 0 bridgehead atoms. The van der Waals surface area contributed by atoms with Gasteiger partial charge in [0.1, 0.15) is 12.2 Å². The van der Waals surface area contributed by atoms with Crippen LogP contribution in [0.15, 0.2) is 40.1 Å². The molecule has 0 radical (unpaired) electrons. The van der Waals surface area contributed by atoms with E-state index in [1.54, 1.807) is 6.33 Å². The predicted octanol–water partition coefficient (Wildman–Crippen LogP) is 4.24. The highest BCUT2D eigenvalue weighted by molar-refractivity contribution is 14.0. The fraction of sp³-hybridized carbons (Fsp3) is 0.550. The first-order chi connectivity index (χ1) is 13.2. The molecule has 1 heterocycles. The highest BCUT2D eigenvalue weighted by Crippen LogP contribution is 2.19. The van der Waals surface area contributed by atoms with Gasteiger partial charge in [0.05, 0.1) is 6.54 Å². The third-order valence-electron chi connectivity index (χ3n) is 5.03. The third-order valence-corrected chi connectivity index (χ3v) is 5.80. The number of aryl methyl sites for hydroxylation is 1. The SMILES string of the molecule is CCc1nncn1CCN=C(NC1CCCC1)N(C)Cc1ccccc1Br.I. The van der Waals surface area contributed by atoms with Crippen molar-refractivity contribution in [2.45, 2.75) is 58.2 Å². The largest absolute Gasteiger partial charge is 0.354 e. The lowest BCUT2D eigenvalue weighted by Gasteiger charge is -2.26. The van der Waals surface area contributed by atoms with Gasteiger partial charge in [0, 0.05) is 37.1 Å². The molecule has 2 aromatic rings. The van der Waals surface area contributed by atoms with Gasteiger partial charge in [-0.15, -0.1) is 34.2 Å². The lowest BCUT2D eigenvalue weighted by Crippen LogP contribution is -2.43. The van der Waals surface area contributed by atoms with Crippen LogP contribution in [0, 0.1) is 0 Å². The highest BCUT2D eigenvalue weighted by atomic mass is 127. The number of aromatic nitrogens is 3. The molecule has 1 aliphatic rings. The fourth-order valence-electron chi connectivity index (χ4n) is 3.49. The minimum Gasteiger partial charge on any atom is -0.354 e. The van der Waals surface area contributed by atoms with Crippen molar-refractivity contribution in [3.63, 3.8) is 0 Å². The molecule has 0 amide bonds. The fourth-order valence-corrected chi connectivity index (χ4v) is 3.90. The Labute approximate surface area is 193 Å². The smallest absolute Gasteiger partial charge is 0.194 e. The molecule has 1 aromatic heterocycles. The second-order valence-electron chi connectivity index (χ2n) is 7.07. The summed E-state index contributed by atoms with van der Waals surface area (Å²) in [7, 11) is 2.11. The minimum atomic E-state index is 0. The molecule has 0 unspecified atom stereocenters. The van der Waals surface area contributed by atoms with E-state index in [4.69, 9.17) is 4.99 Å². The van der Waals surface area contributed by atoms with Crippen LogP contribution in [0.3, 0.4) is 0 Å². The topological polar surface area (TPSA) is 58.3 Å². The standard InChI is InChI=1S/C20H29BrN6.HI/c1-3-19-25-23-15-27(19)13-12-22-20(24-17-9-5-6-10-17)26(2)14-16-8-4-7-11-18(16)21;/h4,7-8,11,15,17H,3,5-6,9-10,12-14H2,1-2H3,(H,22,24);1H. The number of nitrogens with one attached hydrogen (secondary N) is 1. The zero-order valence-electron chi connectivity index (χ0n) is 16.6. The van der Waals surface area contributed by atoms with Crippen LogP contribution < -0.4 is 5.32 Å². The molecule has 1 N–H and O–H groups in total. The molecule has 1 saturated carbocycles. The van der Waals surface area contributed by atoms with E-state index in [0.29, 0.717) is 12.6 Å². The molecule has 1 aromatic carbocycles. The van der Waals surface area contributed by atoms with Crippen LogP contribution in [0.25, 0.3) is 0 Å². The number of hydrogen-bond donors (Lipinski definition) is 1. The number of rotatable bonds is 7. The van der Waals surface area contributed by atoms with Crippen LogP contribution in [0.1, 0.15) is 44.0 Å². The van der Waals surface area contributed by atoms with Gasteiger partial charge in [-0.2, -0.15) is 0 Å². The van der Waals surface area contributed by atoms with Gasteiger partial charge in [-0.25, -0.2) is 0 Å². The van der Waals surface area contributed by atoms with E-state index in [1.165, 1.54) is 31.2 Å². The van der Waals surface area contributed by atoms with Crippen molar-refractivity contribution in [2.75, 3.05) is 13.6 Å². The Kier molecular flexibility index (Phi) is 9.70. The normalized spacial score (nSPS) is 14.8. The van der Waals surface area contributed by atoms with Crippen LogP contribution in [0.2, 0.25) is 0 Å². The average Bonchev–Trinajstić information content (AvgIpc) is 3.34. The Morgan fingerprint density at radius 3 is 2.79 bits per heavy atom. The minimum absolute atomic E-state index is 0. The van der Waals surface area contributed by atoms with Crippen molar-refractivity contribution < 1.29 is 0 Å². The van der Waals surface area contributed by atoms with Crippen LogP contribution in [-0.2, 0) is 19.5 Å². The molecule has 28 heavy (non-hydrogen) atoms. The number of halogens is 2. The monoisotopic (exact) mass is 560 g/mol. The second kappa shape index (κ2) is 11.7. The maximum atomic E-state index is 4.90. The molecule has 0 aliphatic heterocycles. The van der Waals surface area contributed by atoms with Gasteiger partial charge in [-0.05, 0) is 24.5 Å². The number of guanidine groups is 1. The Balaban J connectivity index is 0.00000280. The maximum absolute atomic E-state index is 4.90. The van der Waals surface area contributed by atoms with Gasteiger partial charge >= 0.3 is 0 Å². The van der Waals surface area contributed by atoms with E-state index in [9.17, 15) is 0 Å². The molecule has 1 fully saturated rings. The van der Waals surface area contributed by atoms with Gasteiger partial charge in [0.2, 0.25) is 0 Å². The second-order valence-corrected chi connectivity index (χ2v) is 7.93. The first-order valence-corrected chi connectivity index (χ1v) is 10.6. The summed E-state index contributed by atoms with van der Waals surface area (Å²) in [6, 6.07) is 8.89. The summed E-state index contributed by atoms with van der Waals surface area (Å²) in [4.78, 5) is 7.12. The van der Waals surface area contributed by atoms with E-state index in [0.717, 1.165) is 35.8 Å². The van der Waals surface area contributed by atoms with Crippen LogP contribution >= 0.6 is 39.9 Å². The summed E-state index contributed by atoms with van der Waals surface area (Å²) in [6.45, 7) is 4.42. The van der Waals surface area contributed by atoms with Crippen LogP contribution in [0.5, 0.6) is 0 Å². The van der Waals surface area contributed by atoms with Crippen LogP contribution in [0.4, 0.5) is 0 Å². The lowest BCUT2D eigenvalue weighted by molar-refractivity contribution is 0.455. The summed E-state index contributed by atoms with van der Waals surface area (Å²) >= 11 is 3.65. The number of aliphatic imine (C=N–C) groups is 1. The number of benzene rings is 1. The van der Waals surface area contributed by atoms with E-state index >= 15 is 0 Å². The Morgan fingerprint density at radius 1 is 1.32 bits per heavy atom. The molecular formula is C20H30BrIN6. The molecule has 8 heteroatoms. The molecule has 154 valence electrons. The molecule has 1 aliphatic carbocycles. The highest BCUT2D eigenvalue weighted by Gasteiger charge is 2.18. The van der Waals surface area contributed by atoms with Crippen molar-refractivity contribution in [1.29, 1.82) is 0 Å². The van der Waals surface area contributed by atoms with Crippen molar-refractivity contribution in [1.82, 2.24) is 25.0 Å². The molecular weight excluding hydrogens is 531 g/mol. The molecule has 0 spiro atoms. The van der Waals surface area contributed by atoms with Gasteiger partial charge in [0.25, 0.3) is 0 Å². The molecule has 6 nitrogen and oxygen atoms in total. The van der Waals surface area contributed by atoms with E-state index in [-0.39, 0.29) is 24.0 Å². The molecule has 0 saturated heterocycles. The Hall–Kier alpha value is -1.16. The lowest BCUT2D eigenvalue weighted by atomic mass is 10.2. The van der Waals surface area contributed by atoms with Crippen molar-refractivity contribution >= 4 is 45.9 Å². The van der Waals surface area contributed by atoms with Gasteiger partial charge in [-0.1, -0.05) is 53.9 Å². The molecule has 3 rings (SSSR count). The van der Waals surface area contributed by atoms with E-state index < -0.39 is 0 Å². The average molecular weight is 561 g/mol. The Bertz CT molecular complexity index is 757. The Morgan fingerprint density at radius 2 is 2.07 bits per heavy atom. The van der Waals surface area contributed by atoms with Crippen LogP contribution in [-0.4, -0.2) is 45.3 Å². The first-order valence-electron chi connectivity index (χ1n) is 9.79. The summed E-state index contributed by atoms with van der Waals surface area (Å²) in [5.74, 6) is 1.99. The van der Waals surface area contributed by atoms with Crippen molar-refractivity contribution in [3.8, 4) is 0 Å². The van der Waals surface area contributed by atoms with Gasteiger partial charge in [-0.3, -0.25) is 4.99 Å². The predicted molar refractivity (Wildman–Crippen MR) is 128 cm³/mol. The van der Waals surface area contributed by atoms with Gasteiger partial charge in [0.15, 0.2) is 5.96 Å². The summed E-state index contributed by atoms with van der Waals surface area (Å²) in [5.41, 5.74) is 1.26. The zero-order valence-corrected chi connectivity index (χ0v) is 20.6. The van der Waals surface area contributed by atoms with E-state index in [2.05, 4.69) is 73.1 Å². The first kappa shape index (κ1) is 23.1. The van der Waals surface area contributed by atoms with Gasteiger partial charge < -0.3 is 14.8 Å². The molecule has 0 atom stereocenters. The zero-order chi connectivity index (χ0) is 19.1. The third kappa shape index (κ3) is 6.43. The summed E-state index contributed by atoms with van der Waals surface area (Å²) in [6.07, 6.45) is 7.75. The number of hydrogen-bond acceptors (Lipinski definition) is 3.